The standard InChI is InChI=1S/C10H14O2/c1-3-9(11)12-10(4-2)7-5-6-8-10/h3-4H,1-2,5-8H2. The highest BCUT2D eigenvalue weighted by atomic mass is 16.6. The minimum Gasteiger partial charge on any atom is -0.452 e. The number of carbonyl (C=O) groups is 1. The summed E-state index contributed by atoms with van der Waals surface area (Å²) < 4.78 is 5.22. The normalized spacial score (nSPS) is 20.0. The second-order valence-corrected chi connectivity index (χ2v) is 3.10. The Morgan fingerprint density at radius 1 is 1.33 bits per heavy atom. The average molecular weight is 166 g/mol. The lowest BCUT2D eigenvalue weighted by Gasteiger charge is -2.23. The predicted octanol–water partition coefficient (Wildman–Crippen LogP) is 2.21. The molecule has 0 spiro atoms. The second kappa shape index (κ2) is 3.57. The molecule has 1 saturated carbocycles. The van der Waals surface area contributed by atoms with Gasteiger partial charge in [0, 0.05) is 6.08 Å². The molecule has 1 fully saturated rings. The molecule has 0 aromatic carbocycles. The summed E-state index contributed by atoms with van der Waals surface area (Å²) >= 11 is 0. The fourth-order valence-electron chi connectivity index (χ4n) is 1.56. The number of hydrogen-bond donors (Lipinski definition) is 0. The highest BCUT2D eigenvalue weighted by Gasteiger charge is 2.33. The maximum atomic E-state index is 10.9. The van der Waals surface area contributed by atoms with Crippen molar-refractivity contribution in [3.05, 3.63) is 25.3 Å². The Hall–Kier alpha value is -1.05. The average Bonchev–Trinajstić information content (AvgIpc) is 2.54. The fourth-order valence-corrected chi connectivity index (χ4v) is 1.56. The van der Waals surface area contributed by atoms with Crippen LogP contribution in [0.3, 0.4) is 0 Å². The van der Waals surface area contributed by atoms with Crippen LogP contribution in [0.4, 0.5) is 0 Å². The van der Waals surface area contributed by atoms with E-state index in [1.165, 1.54) is 6.08 Å². The lowest BCUT2D eigenvalue weighted by atomic mass is 10.0. The Balaban J connectivity index is 2.61. The van der Waals surface area contributed by atoms with Gasteiger partial charge in [0.2, 0.25) is 0 Å². The van der Waals surface area contributed by atoms with Crippen LogP contribution in [0.25, 0.3) is 0 Å². The summed E-state index contributed by atoms with van der Waals surface area (Å²) in [5.41, 5.74) is -0.398. The molecular formula is C10H14O2. The van der Waals surface area contributed by atoms with E-state index in [-0.39, 0.29) is 5.97 Å². The Morgan fingerprint density at radius 3 is 2.33 bits per heavy atom. The van der Waals surface area contributed by atoms with E-state index < -0.39 is 5.60 Å². The maximum Gasteiger partial charge on any atom is 0.331 e. The van der Waals surface area contributed by atoms with Crippen molar-refractivity contribution >= 4 is 5.97 Å². The summed E-state index contributed by atoms with van der Waals surface area (Å²) in [6, 6.07) is 0. The van der Waals surface area contributed by atoms with Crippen LogP contribution < -0.4 is 0 Å². The molecule has 0 aromatic heterocycles. The molecule has 0 unspecified atom stereocenters. The zero-order chi connectivity index (χ0) is 9.03. The molecule has 0 saturated heterocycles. The van der Waals surface area contributed by atoms with Crippen molar-refractivity contribution in [2.75, 3.05) is 0 Å². The molecule has 66 valence electrons. The van der Waals surface area contributed by atoms with Gasteiger partial charge in [-0.2, -0.15) is 0 Å². The molecular weight excluding hydrogens is 152 g/mol. The van der Waals surface area contributed by atoms with Crippen LogP contribution in [0.1, 0.15) is 25.7 Å². The van der Waals surface area contributed by atoms with Crippen molar-refractivity contribution < 1.29 is 9.53 Å². The Kier molecular flexibility index (Phi) is 2.69. The van der Waals surface area contributed by atoms with Gasteiger partial charge in [-0.3, -0.25) is 0 Å². The molecule has 1 aliphatic rings. The van der Waals surface area contributed by atoms with Crippen molar-refractivity contribution in [1.82, 2.24) is 0 Å². The van der Waals surface area contributed by atoms with E-state index in [9.17, 15) is 4.79 Å². The first-order valence-corrected chi connectivity index (χ1v) is 4.21. The third kappa shape index (κ3) is 1.76. The summed E-state index contributed by atoms with van der Waals surface area (Å²) in [7, 11) is 0. The van der Waals surface area contributed by atoms with Gasteiger partial charge < -0.3 is 4.74 Å². The van der Waals surface area contributed by atoms with E-state index in [1.807, 2.05) is 0 Å². The molecule has 2 heteroatoms. The zero-order valence-corrected chi connectivity index (χ0v) is 7.21. The van der Waals surface area contributed by atoms with Gasteiger partial charge in [-0.15, -0.1) is 0 Å². The van der Waals surface area contributed by atoms with Crippen LogP contribution in [-0.2, 0) is 9.53 Å². The van der Waals surface area contributed by atoms with Crippen LogP contribution >= 0.6 is 0 Å². The third-order valence-electron chi connectivity index (χ3n) is 2.29. The minimum atomic E-state index is -0.398. The zero-order valence-electron chi connectivity index (χ0n) is 7.21. The molecule has 0 N–H and O–H groups in total. The summed E-state index contributed by atoms with van der Waals surface area (Å²) in [5, 5.41) is 0. The minimum absolute atomic E-state index is 0.350. The van der Waals surface area contributed by atoms with Gasteiger partial charge in [-0.05, 0) is 31.8 Å². The van der Waals surface area contributed by atoms with Crippen molar-refractivity contribution in [2.45, 2.75) is 31.3 Å². The Bertz CT molecular complexity index is 200. The van der Waals surface area contributed by atoms with E-state index in [1.54, 1.807) is 6.08 Å². The summed E-state index contributed by atoms with van der Waals surface area (Å²) in [5.74, 6) is -0.350. The first-order valence-electron chi connectivity index (χ1n) is 4.21. The van der Waals surface area contributed by atoms with Gasteiger partial charge in [-0.1, -0.05) is 13.2 Å². The molecule has 1 aliphatic carbocycles. The molecule has 0 radical (unpaired) electrons. The first kappa shape index (κ1) is 9.04. The van der Waals surface area contributed by atoms with E-state index in [0.29, 0.717) is 0 Å². The molecule has 2 nitrogen and oxygen atoms in total. The van der Waals surface area contributed by atoms with Crippen LogP contribution in [0, 0.1) is 0 Å². The molecule has 0 amide bonds. The van der Waals surface area contributed by atoms with Gasteiger partial charge in [0.15, 0.2) is 0 Å². The van der Waals surface area contributed by atoms with Gasteiger partial charge in [0.05, 0.1) is 0 Å². The molecule has 0 aromatic rings. The van der Waals surface area contributed by atoms with Crippen molar-refractivity contribution in [1.29, 1.82) is 0 Å². The Labute approximate surface area is 72.9 Å². The van der Waals surface area contributed by atoms with Crippen LogP contribution in [-0.4, -0.2) is 11.6 Å². The second-order valence-electron chi connectivity index (χ2n) is 3.10. The molecule has 0 bridgehead atoms. The van der Waals surface area contributed by atoms with Crippen LogP contribution in [0.15, 0.2) is 25.3 Å². The molecule has 1 rings (SSSR count). The van der Waals surface area contributed by atoms with Gasteiger partial charge in [0.25, 0.3) is 0 Å². The quantitative estimate of drug-likeness (QED) is 0.365. The molecule has 0 heterocycles. The lowest BCUT2D eigenvalue weighted by Crippen LogP contribution is -2.28. The summed E-state index contributed by atoms with van der Waals surface area (Å²) in [6.07, 6.45) is 6.95. The maximum absolute atomic E-state index is 10.9. The van der Waals surface area contributed by atoms with Gasteiger partial charge in [0.1, 0.15) is 5.60 Å². The van der Waals surface area contributed by atoms with E-state index in [4.69, 9.17) is 4.74 Å². The van der Waals surface area contributed by atoms with Crippen LogP contribution in [0.5, 0.6) is 0 Å². The summed E-state index contributed by atoms with van der Waals surface area (Å²) in [6.45, 7) is 7.05. The molecule has 12 heavy (non-hydrogen) atoms. The Morgan fingerprint density at radius 2 is 1.92 bits per heavy atom. The summed E-state index contributed by atoms with van der Waals surface area (Å²) in [4.78, 5) is 10.9. The van der Waals surface area contributed by atoms with Crippen molar-refractivity contribution in [3.63, 3.8) is 0 Å². The van der Waals surface area contributed by atoms with Gasteiger partial charge in [-0.25, -0.2) is 4.79 Å². The highest BCUT2D eigenvalue weighted by molar-refractivity contribution is 5.81. The predicted molar refractivity (Wildman–Crippen MR) is 47.7 cm³/mol. The van der Waals surface area contributed by atoms with Crippen molar-refractivity contribution in [2.24, 2.45) is 0 Å². The molecule has 0 atom stereocenters. The van der Waals surface area contributed by atoms with Crippen LogP contribution in [0.2, 0.25) is 0 Å². The van der Waals surface area contributed by atoms with E-state index in [2.05, 4.69) is 13.2 Å². The van der Waals surface area contributed by atoms with E-state index in [0.717, 1.165) is 25.7 Å². The number of carbonyl (C=O) groups excluding carboxylic acids is 1. The van der Waals surface area contributed by atoms with Crippen molar-refractivity contribution in [3.8, 4) is 0 Å². The fraction of sp³-hybridized carbons (Fsp3) is 0.500. The largest absolute Gasteiger partial charge is 0.452 e. The number of ether oxygens (including phenoxy) is 1. The first-order chi connectivity index (χ1) is 5.72. The smallest absolute Gasteiger partial charge is 0.331 e. The lowest BCUT2D eigenvalue weighted by molar-refractivity contribution is -0.148. The number of rotatable bonds is 3. The monoisotopic (exact) mass is 166 g/mol. The topological polar surface area (TPSA) is 26.3 Å². The SMILES string of the molecule is C=CC(=O)OC1(C=C)CCCC1. The van der Waals surface area contributed by atoms with E-state index >= 15 is 0 Å². The van der Waals surface area contributed by atoms with Gasteiger partial charge >= 0.3 is 5.97 Å². The number of hydrogen-bond acceptors (Lipinski definition) is 2. The third-order valence-corrected chi connectivity index (χ3v) is 2.29. The number of esters is 1. The molecule has 0 aliphatic heterocycles. The highest BCUT2D eigenvalue weighted by Crippen LogP contribution is 2.34.